The molecule has 0 spiro atoms. The molecule has 1 heterocycles. The van der Waals surface area contributed by atoms with Crippen LogP contribution in [0, 0.1) is 0 Å². The van der Waals surface area contributed by atoms with Crippen LogP contribution in [-0.2, 0) is 17.4 Å². The number of nitrogens with zero attached hydrogens (tertiary/aromatic N) is 1. The predicted octanol–water partition coefficient (Wildman–Crippen LogP) is 5.02. The molecule has 1 aromatic heterocycles. The van der Waals surface area contributed by atoms with E-state index in [0.29, 0.717) is 9.77 Å². The molecule has 0 radical (unpaired) electrons. The Hall–Kier alpha value is -1.61. The van der Waals surface area contributed by atoms with Gasteiger partial charge in [-0.15, -0.1) is 11.3 Å². The number of halogens is 1. The quantitative estimate of drug-likeness (QED) is 0.638. The molecule has 0 bridgehead atoms. The van der Waals surface area contributed by atoms with Gasteiger partial charge in [0.1, 0.15) is 0 Å². The third kappa shape index (κ3) is 3.39. The largest absolute Gasteiger partial charge is 0.328 e. The van der Waals surface area contributed by atoms with Gasteiger partial charge >= 0.3 is 0 Å². The first-order valence-corrected chi connectivity index (χ1v) is 11.2. The summed E-state index contributed by atoms with van der Waals surface area (Å²) in [6.45, 7) is 0. The van der Waals surface area contributed by atoms with Crippen LogP contribution in [0.15, 0.2) is 54.6 Å². The van der Waals surface area contributed by atoms with Crippen LogP contribution >= 0.6 is 30.2 Å². The summed E-state index contributed by atoms with van der Waals surface area (Å²) in [7, 11) is -3.05. The zero-order chi connectivity index (χ0) is 17.3. The summed E-state index contributed by atoms with van der Waals surface area (Å²) in [4.78, 5) is 6.07. The lowest BCUT2D eigenvalue weighted by atomic mass is 10.0. The van der Waals surface area contributed by atoms with Crippen molar-refractivity contribution in [3.63, 3.8) is 0 Å². The van der Waals surface area contributed by atoms with Crippen LogP contribution in [0.1, 0.15) is 23.4 Å². The molecule has 3 aromatic rings. The van der Waals surface area contributed by atoms with Crippen LogP contribution in [0.4, 0.5) is 5.69 Å². The molecule has 1 atom stereocenters. The number of hydrogen-bond donors (Lipinski definition) is 1. The molecule has 25 heavy (non-hydrogen) atoms. The van der Waals surface area contributed by atoms with E-state index < -0.39 is 7.29 Å². The van der Waals surface area contributed by atoms with E-state index in [1.165, 1.54) is 11.3 Å². The molecule has 6 heteroatoms. The van der Waals surface area contributed by atoms with E-state index in [2.05, 4.69) is 5.09 Å². The summed E-state index contributed by atoms with van der Waals surface area (Å²) in [5, 5.41) is 4.70. The number of rotatable bonds is 4. The maximum absolute atomic E-state index is 14.1. The normalized spacial score (nSPS) is 16.0. The fourth-order valence-electron chi connectivity index (χ4n) is 3.04. The molecule has 0 unspecified atom stereocenters. The molecule has 0 saturated heterocycles. The number of nitrogens with one attached hydrogen (secondary N) is 1. The first-order chi connectivity index (χ1) is 12.1. The highest BCUT2D eigenvalue weighted by Crippen LogP contribution is 2.45. The third-order valence-electron chi connectivity index (χ3n) is 4.35. The minimum atomic E-state index is -3.05. The van der Waals surface area contributed by atoms with Crippen molar-refractivity contribution >= 4 is 46.0 Å². The summed E-state index contributed by atoms with van der Waals surface area (Å²) in [5.41, 5.74) is 1.91. The van der Waals surface area contributed by atoms with Crippen molar-refractivity contribution in [3.05, 3.63) is 70.2 Å². The average Bonchev–Trinajstić information content (AvgIpc) is 3.09. The van der Waals surface area contributed by atoms with Crippen molar-refractivity contribution in [2.75, 3.05) is 5.09 Å². The zero-order valence-corrected chi connectivity index (χ0v) is 16.1. The van der Waals surface area contributed by atoms with E-state index in [1.54, 1.807) is 23.5 Å². The predicted molar refractivity (Wildman–Crippen MR) is 107 cm³/mol. The summed E-state index contributed by atoms with van der Waals surface area (Å²) in [6.07, 6.45) is 4.38. The van der Waals surface area contributed by atoms with E-state index in [1.807, 2.05) is 42.5 Å². The Labute approximate surface area is 156 Å². The first kappa shape index (κ1) is 16.8. The van der Waals surface area contributed by atoms with E-state index in [0.717, 1.165) is 35.9 Å². The Morgan fingerprint density at radius 3 is 2.44 bits per heavy atom. The second-order valence-electron chi connectivity index (χ2n) is 6.14. The van der Waals surface area contributed by atoms with Crippen LogP contribution < -0.4 is 15.1 Å². The molecule has 0 fully saturated rings. The number of anilines is 1. The molecule has 0 amide bonds. The summed E-state index contributed by atoms with van der Waals surface area (Å²) in [5.74, 6) is 0. The van der Waals surface area contributed by atoms with Gasteiger partial charge in [0.15, 0.2) is 4.75 Å². The lowest BCUT2D eigenvalue weighted by molar-refractivity contribution is 0.590. The maximum Gasteiger partial charge on any atom is 0.254 e. The summed E-state index contributed by atoms with van der Waals surface area (Å²) in [6, 6.07) is 16.9. The number of benzene rings is 2. The summed E-state index contributed by atoms with van der Waals surface area (Å²) < 4.78 is 14.8. The highest BCUT2D eigenvalue weighted by Gasteiger charge is 2.32. The molecule has 4 rings (SSSR count). The lowest BCUT2D eigenvalue weighted by Gasteiger charge is -2.19. The number of aromatic nitrogens is 1. The molecule has 0 aliphatic heterocycles. The van der Waals surface area contributed by atoms with Gasteiger partial charge in [-0.2, -0.15) is 0 Å². The Morgan fingerprint density at radius 2 is 1.72 bits per heavy atom. The highest BCUT2D eigenvalue weighted by molar-refractivity contribution is 7.84. The van der Waals surface area contributed by atoms with Crippen molar-refractivity contribution in [1.82, 2.24) is 4.98 Å². The number of hydrogen-bond acceptors (Lipinski definition) is 3. The van der Waals surface area contributed by atoms with Crippen LogP contribution in [0.2, 0.25) is 5.02 Å². The third-order valence-corrected chi connectivity index (χ3v) is 8.85. The molecule has 1 aliphatic carbocycles. The van der Waals surface area contributed by atoms with E-state index in [-0.39, 0.29) is 0 Å². The second-order valence-corrected chi connectivity index (χ2v) is 10.3. The number of thiazole rings is 1. The highest BCUT2D eigenvalue weighted by atomic mass is 35.5. The van der Waals surface area contributed by atoms with Crippen LogP contribution in [-0.4, -0.2) is 4.98 Å². The molecule has 1 N–H and O–H groups in total. The van der Waals surface area contributed by atoms with Crippen molar-refractivity contribution in [3.8, 4) is 0 Å². The second kappa shape index (κ2) is 6.95. The maximum atomic E-state index is 14.1. The van der Waals surface area contributed by atoms with Crippen LogP contribution in [0.3, 0.4) is 0 Å². The molecule has 3 nitrogen and oxygen atoms in total. The standard InChI is InChI=1S/C19H18ClN2OPS/c20-14-10-12-15(13-11-14)22-24(23,16-6-2-1-3-7-16)19-21-17-8-4-5-9-18(17)25-19/h1-3,6-7,10-13H,4-5,8-9H2,(H,22,23)/t24-/m1/s1. The number of aryl methyl sites for hydroxylation is 2. The van der Waals surface area contributed by atoms with Gasteiger partial charge in [-0.3, -0.25) is 4.57 Å². The first-order valence-electron chi connectivity index (χ1n) is 8.34. The Morgan fingerprint density at radius 1 is 1.00 bits per heavy atom. The molecular weight excluding hydrogens is 371 g/mol. The fourth-order valence-corrected chi connectivity index (χ4v) is 7.16. The van der Waals surface area contributed by atoms with Gasteiger partial charge in [0.05, 0.1) is 5.69 Å². The monoisotopic (exact) mass is 388 g/mol. The Balaban J connectivity index is 1.80. The van der Waals surface area contributed by atoms with Crippen LogP contribution in [0.5, 0.6) is 0 Å². The minimum absolute atomic E-state index is 0.657. The van der Waals surface area contributed by atoms with Gasteiger partial charge in [0, 0.05) is 20.9 Å². The van der Waals surface area contributed by atoms with E-state index >= 15 is 0 Å². The molecule has 0 saturated carbocycles. The van der Waals surface area contributed by atoms with E-state index in [4.69, 9.17) is 16.6 Å². The summed E-state index contributed by atoms with van der Waals surface area (Å²) >= 11 is 7.58. The van der Waals surface area contributed by atoms with Gasteiger partial charge < -0.3 is 5.09 Å². The van der Waals surface area contributed by atoms with Crippen molar-refractivity contribution in [2.45, 2.75) is 25.7 Å². The van der Waals surface area contributed by atoms with Crippen molar-refractivity contribution in [2.24, 2.45) is 0 Å². The minimum Gasteiger partial charge on any atom is -0.328 e. The van der Waals surface area contributed by atoms with Crippen molar-refractivity contribution < 1.29 is 4.57 Å². The van der Waals surface area contributed by atoms with E-state index in [9.17, 15) is 4.57 Å². The zero-order valence-electron chi connectivity index (χ0n) is 13.6. The molecular formula is C19H18ClN2OPS. The number of fused-ring (bicyclic) bond motifs is 1. The average molecular weight is 389 g/mol. The Kier molecular flexibility index (Phi) is 4.68. The SMILES string of the molecule is O=[P@](Nc1ccc(Cl)cc1)(c1ccccc1)c1nc2c(s1)CCCC2. The van der Waals surface area contributed by atoms with Gasteiger partial charge in [-0.1, -0.05) is 29.8 Å². The van der Waals surface area contributed by atoms with Gasteiger partial charge in [0.25, 0.3) is 7.29 Å². The lowest BCUT2D eigenvalue weighted by Crippen LogP contribution is -2.21. The van der Waals surface area contributed by atoms with Gasteiger partial charge in [-0.25, -0.2) is 4.98 Å². The smallest absolute Gasteiger partial charge is 0.254 e. The Bertz CT molecular complexity index is 901. The topological polar surface area (TPSA) is 42.0 Å². The molecule has 128 valence electrons. The van der Waals surface area contributed by atoms with Crippen molar-refractivity contribution in [1.29, 1.82) is 0 Å². The van der Waals surface area contributed by atoms with Gasteiger partial charge in [0.2, 0.25) is 0 Å². The fraction of sp³-hybridized carbons (Fsp3) is 0.211. The molecule has 1 aliphatic rings. The van der Waals surface area contributed by atoms with Crippen LogP contribution in [0.25, 0.3) is 0 Å². The molecule has 2 aromatic carbocycles. The van der Waals surface area contributed by atoms with Gasteiger partial charge in [-0.05, 0) is 62.1 Å².